The van der Waals surface area contributed by atoms with Gasteiger partial charge in [-0.25, -0.2) is 0 Å². The Kier molecular flexibility index (Phi) is 9.06. The summed E-state index contributed by atoms with van der Waals surface area (Å²) in [6.45, 7) is 2.73. The number of rotatable bonds is 7. The molecule has 2 aromatic carbocycles. The van der Waals surface area contributed by atoms with Gasteiger partial charge in [0.25, 0.3) is 0 Å². The van der Waals surface area contributed by atoms with E-state index in [1.54, 1.807) is 0 Å². The molecule has 0 aromatic heterocycles. The van der Waals surface area contributed by atoms with Crippen molar-refractivity contribution in [3.63, 3.8) is 0 Å². The summed E-state index contributed by atoms with van der Waals surface area (Å²) in [5.74, 6) is -0.983. The van der Waals surface area contributed by atoms with Gasteiger partial charge in [0.2, 0.25) is 0 Å². The zero-order chi connectivity index (χ0) is 19.2. The maximum Gasteiger partial charge on any atom is 0.307 e. The summed E-state index contributed by atoms with van der Waals surface area (Å²) in [4.78, 5) is 13.4. The lowest BCUT2D eigenvalue weighted by molar-refractivity contribution is -0.143. The minimum Gasteiger partial charge on any atom is -0.481 e. The molecule has 2 aromatic rings. The Labute approximate surface area is 181 Å². The zero-order valence-electron chi connectivity index (χ0n) is 15.4. The molecule has 1 aliphatic heterocycles. The predicted molar refractivity (Wildman–Crippen MR) is 115 cm³/mol. The average Bonchev–Trinajstić information content (AvgIpc) is 2.67. The standard InChI is InChI=1S/C21H23Cl2NO3.ClH/c22-18-7-3-15(4-8-18)20(16-5-9-19(23)10-6-16)27-13-12-24-11-1-2-17(14-24)21(25)26;/h3-10,17,20H,1-2,11-14H2,(H,25,26);1H. The van der Waals surface area contributed by atoms with Crippen LogP contribution < -0.4 is 0 Å². The average molecular weight is 445 g/mol. The monoisotopic (exact) mass is 443 g/mol. The van der Waals surface area contributed by atoms with Crippen LogP contribution in [0, 0.1) is 5.92 Å². The van der Waals surface area contributed by atoms with Gasteiger partial charge in [0.1, 0.15) is 6.10 Å². The molecule has 152 valence electrons. The molecule has 0 amide bonds. The van der Waals surface area contributed by atoms with Crippen LogP contribution in [0.15, 0.2) is 48.5 Å². The molecular weight excluding hydrogens is 421 g/mol. The third kappa shape index (κ3) is 6.36. The number of ether oxygens (including phenoxy) is 1. The van der Waals surface area contributed by atoms with Crippen LogP contribution in [0.25, 0.3) is 0 Å². The van der Waals surface area contributed by atoms with Gasteiger partial charge in [-0.1, -0.05) is 47.5 Å². The van der Waals surface area contributed by atoms with Crippen molar-refractivity contribution in [1.82, 2.24) is 4.90 Å². The van der Waals surface area contributed by atoms with Gasteiger partial charge in [-0.15, -0.1) is 12.4 Å². The molecule has 1 aliphatic rings. The molecule has 1 atom stereocenters. The van der Waals surface area contributed by atoms with Crippen LogP contribution in [0.2, 0.25) is 10.0 Å². The normalized spacial score (nSPS) is 17.3. The largest absolute Gasteiger partial charge is 0.481 e. The van der Waals surface area contributed by atoms with Gasteiger partial charge < -0.3 is 14.7 Å². The fourth-order valence-corrected chi connectivity index (χ4v) is 3.67. The molecule has 7 heteroatoms. The molecule has 0 saturated carbocycles. The number of benzene rings is 2. The van der Waals surface area contributed by atoms with Gasteiger partial charge in [0.05, 0.1) is 12.5 Å². The Balaban J connectivity index is 0.00000280. The summed E-state index contributed by atoms with van der Waals surface area (Å²) in [5.41, 5.74) is 2.03. The molecule has 1 unspecified atom stereocenters. The van der Waals surface area contributed by atoms with E-state index in [2.05, 4.69) is 4.90 Å². The highest BCUT2D eigenvalue weighted by Gasteiger charge is 2.25. The van der Waals surface area contributed by atoms with E-state index >= 15 is 0 Å². The lowest BCUT2D eigenvalue weighted by Gasteiger charge is -2.31. The van der Waals surface area contributed by atoms with Crippen molar-refractivity contribution in [2.45, 2.75) is 18.9 Å². The fourth-order valence-electron chi connectivity index (χ4n) is 3.42. The maximum absolute atomic E-state index is 11.2. The van der Waals surface area contributed by atoms with E-state index in [4.69, 9.17) is 27.9 Å². The third-order valence-corrected chi connectivity index (χ3v) is 5.40. The summed E-state index contributed by atoms with van der Waals surface area (Å²) >= 11 is 12.0. The Bertz CT molecular complexity index is 707. The van der Waals surface area contributed by atoms with Crippen molar-refractivity contribution in [1.29, 1.82) is 0 Å². The molecule has 1 heterocycles. The minimum absolute atomic E-state index is 0. The van der Waals surface area contributed by atoms with Crippen molar-refractivity contribution >= 4 is 41.6 Å². The van der Waals surface area contributed by atoms with E-state index in [1.807, 2.05) is 48.5 Å². The smallest absolute Gasteiger partial charge is 0.307 e. The Morgan fingerprint density at radius 3 is 2.11 bits per heavy atom. The molecule has 1 saturated heterocycles. The third-order valence-electron chi connectivity index (χ3n) is 4.89. The topological polar surface area (TPSA) is 49.8 Å². The van der Waals surface area contributed by atoms with Crippen molar-refractivity contribution < 1.29 is 14.6 Å². The molecule has 0 aliphatic carbocycles. The van der Waals surface area contributed by atoms with E-state index in [-0.39, 0.29) is 24.4 Å². The number of piperidine rings is 1. The highest BCUT2D eigenvalue weighted by Crippen LogP contribution is 2.28. The molecule has 4 nitrogen and oxygen atoms in total. The van der Waals surface area contributed by atoms with Gasteiger partial charge in [-0.3, -0.25) is 4.79 Å². The number of likely N-dealkylation sites (tertiary alicyclic amines) is 1. The first-order valence-electron chi connectivity index (χ1n) is 9.10. The Morgan fingerprint density at radius 2 is 1.61 bits per heavy atom. The number of carbonyl (C=O) groups is 1. The zero-order valence-corrected chi connectivity index (χ0v) is 17.7. The summed E-state index contributed by atoms with van der Waals surface area (Å²) in [7, 11) is 0. The first-order valence-corrected chi connectivity index (χ1v) is 9.86. The van der Waals surface area contributed by atoms with Gasteiger partial charge in [0, 0.05) is 23.1 Å². The van der Waals surface area contributed by atoms with E-state index in [0.717, 1.165) is 30.5 Å². The van der Waals surface area contributed by atoms with E-state index in [0.29, 0.717) is 29.7 Å². The number of hydrogen-bond acceptors (Lipinski definition) is 3. The highest BCUT2D eigenvalue weighted by molar-refractivity contribution is 6.30. The van der Waals surface area contributed by atoms with Gasteiger partial charge in [0.15, 0.2) is 0 Å². The van der Waals surface area contributed by atoms with Crippen molar-refractivity contribution in [3.8, 4) is 0 Å². The molecule has 0 radical (unpaired) electrons. The summed E-state index contributed by atoms with van der Waals surface area (Å²) in [5, 5.41) is 10.6. The SMILES string of the molecule is Cl.O=C(O)C1CCCN(CCOC(c2ccc(Cl)cc2)c2ccc(Cl)cc2)C1. The maximum atomic E-state index is 11.2. The minimum atomic E-state index is -0.708. The van der Waals surface area contributed by atoms with Crippen molar-refractivity contribution in [3.05, 3.63) is 69.7 Å². The summed E-state index contributed by atoms with van der Waals surface area (Å²) in [6.07, 6.45) is 1.44. The van der Waals surface area contributed by atoms with E-state index < -0.39 is 5.97 Å². The first kappa shape index (κ1) is 23.0. The fraction of sp³-hybridized carbons (Fsp3) is 0.381. The van der Waals surface area contributed by atoms with Crippen LogP contribution in [-0.4, -0.2) is 42.2 Å². The number of nitrogens with zero attached hydrogens (tertiary/aromatic N) is 1. The van der Waals surface area contributed by atoms with Crippen LogP contribution in [0.4, 0.5) is 0 Å². The summed E-state index contributed by atoms with van der Waals surface area (Å²) in [6, 6.07) is 15.3. The number of aliphatic carboxylic acids is 1. The second kappa shape index (κ2) is 11.0. The number of carboxylic acids is 1. The lowest BCUT2D eigenvalue weighted by Crippen LogP contribution is -2.40. The van der Waals surface area contributed by atoms with E-state index in [1.165, 1.54) is 0 Å². The van der Waals surface area contributed by atoms with Crippen LogP contribution in [0.1, 0.15) is 30.1 Å². The Morgan fingerprint density at radius 1 is 1.07 bits per heavy atom. The van der Waals surface area contributed by atoms with Gasteiger partial charge in [-0.05, 0) is 54.8 Å². The molecule has 1 fully saturated rings. The Hall–Kier alpha value is -1.30. The lowest BCUT2D eigenvalue weighted by atomic mass is 9.98. The van der Waals surface area contributed by atoms with Crippen LogP contribution in [0.3, 0.4) is 0 Å². The predicted octanol–water partition coefficient (Wildman–Crippen LogP) is 5.32. The number of hydrogen-bond donors (Lipinski definition) is 1. The molecular formula is C21H24Cl3NO3. The summed E-state index contributed by atoms with van der Waals surface area (Å²) < 4.78 is 6.22. The van der Waals surface area contributed by atoms with Crippen molar-refractivity contribution in [2.75, 3.05) is 26.2 Å². The number of halogens is 3. The van der Waals surface area contributed by atoms with Crippen LogP contribution >= 0.6 is 35.6 Å². The quantitative estimate of drug-likeness (QED) is 0.628. The molecule has 28 heavy (non-hydrogen) atoms. The van der Waals surface area contributed by atoms with Crippen LogP contribution in [0.5, 0.6) is 0 Å². The van der Waals surface area contributed by atoms with Crippen LogP contribution in [-0.2, 0) is 9.53 Å². The number of carboxylic acid groups (broad SMARTS) is 1. The van der Waals surface area contributed by atoms with Crippen molar-refractivity contribution in [2.24, 2.45) is 5.92 Å². The first-order chi connectivity index (χ1) is 13.0. The molecule has 1 N–H and O–H groups in total. The van der Waals surface area contributed by atoms with Gasteiger partial charge >= 0.3 is 5.97 Å². The molecule has 0 spiro atoms. The highest BCUT2D eigenvalue weighted by atomic mass is 35.5. The second-order valence-electron chi connectivity index (χ2n) is 6.83. The van der Waals surface area contributed by atoms with E-state index in [9.17, 15) is 9.90 Å². The molecule has 3 rings (SSSR count). The second-order valence-corrected chi connectivity index (χ2v) is 7.70. The van der Waals surface area contributed by atoms with Gasteiger partial charge in [-0.2, -0.15) is 0 Å². The molecule has 0 bridgehead atoms.